The average molecular weight is 293 g/mol. The van der Waals surface area contributed by atoms with Crippen LogP contribution in [-0.2, 0) is 6.42 Å². The van der Waals surface area contributed by atoms with Crippen LogP contribution in [-0.4, -0.2) is 19.8 Å². The first kappa shape index (κ1) is 13.9. The van der Waals surface area contributed by atoms with Crippen LogP contribution in [0.5, 0.6) is 0 Å². The van der Waals surface area contributed by atoms with E-state index in [0.29, 0.717) is 5.56 Å². The van der Waals surface area contributed by atoms with Gasteiger partial charge in [-0.3, -0.25) is 20.0 Å². The summed E-state index contributed by atoms with van der Waals surface area (Å²) in [5, 5.41) is 17.2. The first-order chi connectivity index (χ1) is 9.40. The Morgan fingerprint density at radius 1 is 1.55 bits per heavy atom. The molecule has 0 spiro atoms. The predicted octanol–water partition coefficient (Wildman–Crippen LogP) is 0.822. The predicted molar refractivity (Wildman–Crippen MR) is 74.5 cm³/mol. The van der Waals surface area contributed by atoms with Gasteiger partial charge in [0.05, 0.1) is 4.92 Å². The number of aromatic amines is 1. The fourth-order valence-corrected chi connectivity index (χ4v) is 1.87. The van der Waals surface area contributed by atoms with Crippen LogP contribution in [0.2, 0.25) is 0 Å². The van der Waals surface area contributed by atoms with E-state index in [-0.39, 0.29) is 22.6 Å². The summed E-state index contributed by atoms with van der Waals surface area (Å²) >= 11 is 4.76. The molecule has 0 amide bonds. The number of nitrogen functional groups attached to an aromatic ring is 1. The van der Waals surface area contributed by atoms with Crippen molar-refractivity contribution in [1.29, 1.82) is 0 Å². The molecular formula is C11H11N5O3S. The summed E-state index contributed by atoms with van der Waals surface area (Å²) < 4.78 is 0.731. The van der Waals surface area contributed by atoms with E-state index in [4.69, 9.17) is 18.1 Å². The van der Waals surface area contributed by atoms with E-state index >= 15 is 0 Å². The summed E-state index contributed by atoms with van der Waals surface area (Å²) in [7, 11) is 0. The molecule has 3 N–H and O–H groups in total. The zero-order valence-electron chi connectivity index (χ0n) is 10.5. The van der Waals surface area contributed by atoms with Gasteiger partial charge in [-0.25, -0.2) is 0 Å². The molecule has 1 aromatic carbocycles. The number of rotatable bonds is 3. The molecule has 0 fully saturated rings. The molecule has 0 aliphatic heterocycles. The van der Waals surface area contributed by atoms with Crippen molar-refractivity contribution in [3.8, 4) is 0 Å². The minimum Gasteiger partial charge on any atom is -0.334 e. The lowest BCUT2D eigenvalue weighted by atomic mass is 10.1. The highest BCUT2D eigenvalue weighted by molar-refractivity contribution is 7.71. The van der Waals surface area contributed by atoms with Gasteiger partial charge in [0.25, 0.3) is 11.2 Å². The Morgan fingerprint density at radius 3 is 2.90 bits per heavy atom. The third kappa shape index (κ3) is 2.57. The minimum absolute atomic E-state index is 0.00125. The van der Waals surface area contributed by atoms with Crippen LogP contribution in [0.4, 0.5) is 5.69 Å². The smallest absolute Gasteiger partial charge is 0.295 e. The highest BCUT2D eigenvalue weighted by Crippen LogP contribution is 2.21. The molecule has 0 saturated carbocycles. The van der Waals surface area contributed by atoms with Gasteiger partial charge in [0, 0.05) is 18.1 Å². The van der Waals surface area contributed by atoms with Crippen LogP contribution in [0.25, 0.3) is 0 Å². The van der Waals surface area contributed by atoms with Gasteiger partial charge in [-0.1, -0.05) is 12.1 Å². The third-order valence-corrected chi connectivity index (χ3v) is 3.05. The molecule has 9 heteroatoms. The highest BCUT2D eigenvalue weighted by atomic mass is 32.1. The third-order valence-electron chi connectivity index (χ3n) is 2.77. The second-order valence-electron chi connectivity index (χ2n) is 4.22. The number of benzene rings is 1. The number of hydrogen-bond donors (Lipinski definition) is 2. The maximum atomic E-state index is 11.9. The van der Waals surface area contributed by atoms with E-state index < -0.39 is 10.5 Å². The van der Waals surface area contributed by atoms with Crippen LogP contribution >= 0.6 is 12.2 Å². The van der Waals surface area contributed by atoms with E-state index in [1.165, 1.54) is 6.07 Å². The Morgan fingerprint density at radius 2 is 2.25 bits per heavy atom. The molecule has 0 unspecified atom stereocenters. The lowest BCUT2D eigenvalue weighted by Crippen LogP contribution is -2.32. The summed E-state index contributed by atoms with van der Waals surface area (Å²) in [5.41, 5.74) is 0.571. The molecule has 2 aromatic rings. The van der Waals surface area contributed by atoms with Crippen molar-refractivity contribution in [2.24, 2.45) is 0 Å². The maximum Gasteiger partial charge on any atom is 0.295 e. The largest absolute Gasteiger partial charge is 0.334 e. The van der Waals surface area contributed by atoms with E-state index in [2.05, 4.69) is 10.2 Å². The van der Waals surface area contributed by atoms with Crippen LogP contribution in [0.3, 0.4) is 0 Å². The molecular weight excluding hydrogens is 282 g/mol. The monoisotopic (exact) mass is 293 g/mol. The van der Waals surface area contributed by atoms with Gasteiger partial charge >= 0.3 is 0 Å². The van der Waals surface area contributed by atoms with Crippen molar-refractivity contribution in [3.05, 3.63) is 60.3 Å². The molecule has 0 aliphatic rings. The summed E-state index contributed by atoms with van der Waals surface area (Å²) in [5.74, 6) is 5.45. The Balaban J connectivity index is 2.51. The van der Waals surface area contributed by atoms with Crippen molar-refractivity contribution in [2.75, 3.05) is 5.84 Å². The van der Waals surface area contributed by atoms with Crippen LogP contribution in [0.15, 0.2) is 23.0 Å². The molecule has 1 aromatic heterocycles. The number of H-pyrrole nitrogens is 1. The first-order valence-corrected chi connectivity index (χ1v) is 6.00. The molecule has 0 saturated heterocycles. The quantitative estimate of drug-likeness (QED) is 0.374. The van der Waals surface area contributed by atoms with Gasteiger partial charge in [-0.2, -0.15) is 9.77 Å². The number of nitro groups is 1. The van der Waals surface area contributed by atoms with Crippen LogP contribution in [0, 0.1) is 21.8 Å². The zero-order chi connectivity index (χ0) is 14.9. The van der Waals surface area contributed by atoms with E-state index in [1.807, 2.05) is 0 Å². The highest BCUT2D eigenvalue weighted by Gasteiger charge is 2.16. The lowest BCUT2D eigenvalue weighted by molar-refractivity contribution is -0.385. The van der Waals surface area contributed by atoms with Gasteiger partial charge in [-0.15, -0.1) is 0 Å². The molecule has 0 atom stereocenters. The van der Waals surface area contributed by atoms with Gasteiger partial charge < -0.3 is 5.84 Å². The van der Waals surface area contributed by atoms with E-state index in [1.54, 1.807) is 19.1 Å². The Kier molecular flexibility index (Phi) is 3.61. The van der Waals surface area contributed by atoms with Gasteiger partial charge in [0.15, 0.2) is 0 Å². The SMILES string of the molecule is Cc1ccc(Cc2n[nH]c(=S)n(N)c2=O)c([N+](=O)[O-])c1. The molecule has 2 rings (SSSR count). The summed E-state index contributed by atoms with van der Waals surface area (Å²) in [6.07, 6.45) is -0.00125. The molecule has 0 radical (unpaired) electrons. The van der Waals surface area contributed by atoms with Crippen molar-refractivity contribution < 1.29 is 4.92 Å². The Hall–Kier alpha value is -2.55. The summed E-state index contributed by atoms with van der Waals surface area (Å²) in [4.78, 5) is 22.4. The lowest BCUT2D eigenvalue weighted by Gasteiger charge is -2.04. The number of hydrogen-bond acceptors (Lipinski definition) is 6. The maximum absolute atomic E-state index is 11.9. The van der Waals surface area contributed by atoms with Crippen LogP contribution < -0.4 is 11.4 Å². The topological polar surface area (TPSA) is 120 Å². The van der Waals surface area contributed by atoms with Gasteiger partial charge in [-0.05, 0) is 24.7 Å². The second-order valence-corrected chi connectivity index (χ2v) is 4.60. The molecule has 20 heavy (non-hydrogen) atoms. The fraction of sp³-hybridized carbons (Fsp3) is 0.182. The number of nitrogens with one attached hydrogen (secondary N) is 1. The molecule has 0 aliphatic carbocycles. The summed E-state index contributed by atoms with van der Waals surface area (Å²) in [6, 6.07) is 4.77. The first-order valence-electron chi connectivity index (χ1n) is 5.59. The van der Waals surface area contributed by atoms with Crippen LogP contribution in [0.1, 0.15) is 16.8 Å². The van der Waals surface area contributed by atoms with Gasteiger partial charge in [0.2, 0.25) is 4.77 Å². The average Bonchev–Trinajstić information content (AvgIpc) is 2.41. The molecule has 104 valence electrons. The van der Waals surface area contributed by atoms with Crippen molar-refractivity contribution in [1.82, 2.24) is 14.9 Å². The number of aryl methyl sites for hydroxylation is 1. The summed E-state index contributed by atoms with van der Waals surface area (Å²) in [6.45, 7) is 1.75. The van der Waals surface area contributed by atoms with E-state index in [9.17, 15) is 14.9 Å². The Bertz CT molecular complexity index is 795. The number of nitrogens with two attached hydrogens (primary N) is 1. The molecule has 8 nitrogen and oxygen atoms in total. The van der Waals surface area contributed by atoms with Gasteiger partial charge in [0.1, 0.15) is 5.69 Å². The van der Waals surface area contributed by atoms with Crippen molar-refractivity contribution in [3.63, 3.8) is 0 Å². The fourth-order valence-electron chi connectivity index (χ4n) is 1.74. The molecule has 1 heterocycles. The molecule has 0 bridgehead atoms. The standard InChI is InChI=1S/C11H11N5O3S/c1-6-2-3-7(9(4-6)16(18)19)5-8-10(17)15(12)11(20)14-13-8/h2-4H,5,12H2,1H3,(H,14,20). The number of nitro benzene ring substituents is 1. The number of aromatic nitrogens is 3. The normalized spacial score (nSPS) is 10.4. The van der Waals surface area contributed by atoms with Crippen molar-refractivity contribution in [2.45, 2.75) is 13.3 Å². The van der Waals surface area contributed by atoms with E-state index in [0.717, 1.165) is 10.2 Å². The zero-order valence-corrected chi connectivity index (χ0v) is 11.3. The number of nitrogens with zero attached hydrogens (tertiary/aromatic N) is 3. The van der Waals surface area contributed by atoms with Crippen molar-refractivity contribution >= 4 is 17.9 Å². The Labute approximate surface area is 118 Å². The minimum atomic E-state index is -0.580. The second kappa shape index (κ2) is 5.21.